The summed E-state index contributed by atoms with van der Waals surface area (Å²) in [6.07, 6.45) is 5.92. The van der Waals surface area contributed by atoms with Crippen molar-refractivity contribution in [2.45, 2.75) is 44.7 Å². The molecule has 1 aromatic heterocycles. The van der Waals surface area contributed by atoms with E-state index in [9.17, 15) is 0 Å². The highest BCUT2D eigenvalue weighted by Gasteiger charge is 2.23. The second kappa shape index (κ2) is 4.98. The van der Waals surface area contributed by atoms with E-state index in [0.717, 1.165) is 43.4 Å². The van der Waals surface area contributed by atoms with Gasteiger partial charge in [-0.2, -0.15) is 16.9 Å². The monoisotopic (exact) mass is 252 g/mol. The van der Waals surface area contributed by atoms with Crippen molar-refractivity contribution in [2.75, 3.05) is 11.5 Å². The van der Waals surface area contributed by atoms with Gasteiger partial charge in [0, 0.05) is 13.0 Å². The van der Waals surface area contributed by atoms with Crippen LogP contribution in [0.15, 0.2) is 0 Å². The minimum Gasteiger partial charge on any atom is -0.321 e. The highest BCUT2D eigenvalue weighted by atomic mass is 32.2. The van der Waals surface area contributed by atoms with E-state index in [-0.39, 0.29) is 6.04 Å². The van der Waals surface area contributed by atoms with Crippen molar-refractivity contribution in [3.8, 4) is 0 Å². The third-order valence-corrected chi connectivity index (χ3v) is 4.97. The summed E-state index contributed by atoms with van der Waals surface area (Å²) in [7, 11) is 0. The Balaban J connectivity index is 1.71. The lowest BCUT2D eigenvalue weighted by Crippen LogP contribution is -2.22. The first kappa shape index (κ1) is 11.5. The first-order valence-corrected chi connectivity index (χ1v) is 7.75. The van der Waals surface area contributed by atoms with Gasteiger partial charge in [-0.1, -0.05) is 0 Å². The quantitative estimate of drug-likeness (QED) is 0.871. The van der Waals surface area contributed by atoms with Gasteiger partial charge in [-0.05, 0) is 43.1 Å². The van der Waals surface area contributed by atoms with Crippen molar-refractivity contribution in [3.63, 3.8) is 0 Å². The predicted octanol–water partition coefficient (Wildman–Crippen LogP) is 1.76. The molecule has 0 saturated carbocycles. The predicted molar refractivity (Wildman–Crippen MR) is 69.9 cm³/mol. The minimum atomic E-state index is 0.103. The van der Waals surface area contributed by atoms with E-state index in [2.05, 4.69) is 21.8 Å². The second-order valence-electron chi connectivity index (χ2n) is 5.15. The lowest BCUT2D eigenvalue weighted by Gasteiger charge is -2.19. The van der Waals surface area contributed by atoms with E-state index in [1.807, 2.05) is 4.68 Å². The number of rotatable bonds is 2. The fourth-order valence-electron chi connectivity index (χ4n) is 2.74. The van der Waals surface area contributed by atoms with E-state index in [4.69, 9.17) is 5.73 Å². The zero-order valence-corrected chi connectivity index (χ0v) is 11.0. The summed E-state index contributed by atoms with van der Waals surface area (Å²) in [5.74, 6) is 5.40. The molecule has 0 bridgehead atoms. The van der Waals surface area contributed by atoms with Gasteiger partial charge in [-0.15, -0.1) is 0 Å². The van der Waals surface area contributed by atoms with Crippen LogP contribution in [0.25, 0.3) is 0 Å². The maximum Gasteiger partial charge on any atom is 0.151 e. The molecule has 0 aliphatic carbocycles. The molecule has 0 amide bonds. The summed E-state index contributed by atoms with van der Waals surface area (Å²) < 4.78 is 2.03. The zero-order chi connectivity index (χ0) is 11.7. The summed E-state index contributed by atoms with van der Waals surface area (Å²) in [6, 6.07) is 0.103. The van der Waals surface area contributed by atoms with Gasteiger partial charge in [0.15, 0.2) is 5.82 Å². The van der Waals surface area contributed by atoms with Crippen molar-refractivity contribution in [1.82, 2.24) is 14.8 Å². The van der Waals surface area contributed by atoms with Gasteiger partial charge >= 0.3 is 0 Å². The number of hydrogen-bond acceptors (Lipinski definition) is 4. The SMILES string of the molecule is NC1CCCn2nc(CC3CCCSC3)nc21. The summed E-state index contributed by atoms with van der Waals surface area (Å²) in [5, 5.41) is 4.61. The Morgan fingerprint density at radius 1 is 1.35 bits per heavy atom. The van der Waals surface area contributed by atoms with Crippen molar-refractivity contribution < 1.29 is 0 Å². The van der Waals surface area contributed by atoms with E-state index in [0.29, 0.717) is 0 Å². The smallest absolute Gasteiger partial charge is 0.151 e. The maximum atomic E-state index is 6.07. The summed E-state index contributed by atoms with van der Waals surface area (Å²) in [5.41, 5.74) is 6.07. The molecule has 1 fully saturated rings. The summed E-state index contributed by atoms with van der Waals surface area (Å²) >= 11 is 2.07. The Hall–Kier alpha value is -0.550. The Morgan fingerprint density at radius 2 is 2.29 bits per heavy atom. The van der Waals surface area contributed by atoms with Crippen LogP contribution < -0.4 is 5.73 Å². The van der Waals surface area contributed by atoms with Crippen LogP contribution in [0.1, 0.15) is 43.4 Å². The van der Waals surface area contributed by atoms with Gasteiger partial charge in [-0.3, -0.25) is 0 Å². The zero-order valence-electron chi connectivity index (χ0n) is 10.1. The second-order valence-corrected chi connectivity index (χ2v) is 6.30. The number of nitrogens with two attached hydrogens (primary N) is 1. The van der Waals surface area contributed by atoms with Gasteiger partial charge in [0.2, 0.25) is 0 Å². The van der Waals surface area contributed by atoms with Gasteiger partial charge in [0.1, 0.15) is 5.82 Å². The third kappa shape index (κ3) is 2.50. The largest absolute Gasteiger partial charge is 0.321 e. The maximum absolute atomic E-state index is 6.07. The molecule has 2 aliphatic rings. The molecule has 94 valence electrons. The number of thioether (sulfide) groups is 1. The molecule has 0 radical (unpaired) electrons. The average Bonchev–Trinajstić information content (AvgIpc) is 2.74. The van der Waals surface area contributed by atoms with Crippen LogP contribution in [-0.4, -0.2) is 26.3 Å². The number of nitrogens with zero attached hydrogens (tertiary/aromatic N) is 3. The normalized spacial score (nSPS) is 29.0. The molecule has 2 unspecified atom stereocenters. The molecule has 4 nitrogen and oxygen atoms in total. The Morgan fingerprint density at radius 3 is 3.06 bits per heavy atom. The van der Waals surface area contributed by atoms with E-state index in [1.165, 1.54) is 24.3 Å². The van der Waals surface area contributed by atoms with E-state index >= 15 is 0 Å². The molecule has 3 rings (SSSR count). The Kier molecular flexibility index (Phi) is 3.38. The number of aryl methyl sites for hydroxylation is 1. The van der Waals surface area contributed by atoms with Gasteiger partial charge in [-0.25, -0.2) is 9.67 Å². The number of aromatic nitrogens is 3. The van der Waals surface area contributed by atoms with E-state index in [1.54, 1.807) is 0 Å². The molecular weight excluding hydrogens is 232 g/mol. The number of fused-ring (bicyclic) bond motifs is 1. The Labute approximate surface area is 106 Å². The molecular formula is C12H20N4S. The first-order valence-electron chi connectivity index (χ1n) is 6.60. The van der Waals surface area contributed by atoms with Crippen LogP contribution in [0.4, 0.5) is 0 Å². The molecule has 0 aromatic carbocycles. The van der Waals surface area contributed by atoms with Crippen LogP contribution in [0.5, 0.6) is 0 Å². The lowest BCUT2D eigenvalue weighted by atomic mass is 10.0. The molecule has 0 spiro atoms. The van der Waals surface area contributed by atoms with Crippen molar-refractivity contribution >= 4 is 11.8 Å². The van der Waals surface area contributed by atoms with Crippen molar-refractivity contribution in [2.24, 2.45) is 11.7 Å². The summed E-state index contributed by atoms with van der Waals surface area (Å²) in [6.45, 7) is 0.995. The van der Waals surface area contributed by atoms with Gasteiger partial charge in [0.05, 0.1) is 6.04 Å². The van der Waals surface area contributed by atoms with Crippen molar-refractivity contribution in [1.29, 1.82) is 0 Å². The molecule has 2 atom stereocenters. The molecule has 3 heterocycles. The van der Waals surface area contributed by atoms with Gasteiger partial charge < -0.3 is 5.73 Å². The fourth-order valence-corrected chi connectivity index (χ4v) is 3.90. The highest BCUT2D eigenvalue weighted by molar-refractivity contribution is 7.99. The van der Waals surface area contributed by atoms with E-state index < -0.39 is 0 Å². The molecule has 2 N–H and O–H groups in total. The van der Waals surface area contributed by atoms with Gasteiger partial charge in [0.25, 0.3) is 0 Å². The first-order chi connectivity index (χ1) is 8.33. The van der Waals surface area contributed by atoms with Crippen LogP contribution in [-0.2, 0) is 13.0 Å². The minimum absolute atomic E-state index is 0.103. The molecule has 2 aliphatic heterocycles. The van der Waals surface area contributed by atoms with Crippen LogP contribution in [0, 0.1) is 5.92 Å². The highest BCUT2D eigenvalue weighted by Crippen LogP contribution is 2.26. The van der Waals surface area contributed by atoms with Crippen LogP contribution in [0.2, 0.25) is 0 Å². The summed E-state index contributed by atoms with van der Waals surface area (Å²) in [4.78, 5) is 4.64. The topological polar surface area (TPSA) is 56.7 Å². The Bertz CT molecular complexity index is 384. The van der Waals surface area contributed by atoms with Crippen LogP contribution >= 0.6 is 11.8 Å². The standard InChI is InChI=1S/C12H20N4S/c13-10-4-1-5-16-12(10)14-11(15-16)7-9-3-2-6-17-8-9/h9-10H,1-8,13H2. The third-order valence-electron chi connectivity index (χ3n) is 3.69. The fraction of sp³-hybridized carbons (Fsp3) is 0.833. The molecule has 1 saturated heterocycles. The van der Waals surface area contributed by atoms with Crippen molar-refractivity contribution in [3.05, 3.63) is 11.6 Å². The lowest BCUT2D eigenvalue weighted by molar-refractivity contribution is 0.420. The number of hydrogen-bond donors (Lipinski definition) is 1. The molecule has 5 heteroatoms. The molecule has 1 aromatic rings. The van der Waals surface area contributed by atoms with Crippen LogP contribution in [0.3, 0.4) is 0 Å². The average molecular weight is 252 g/mol. The molecule has 17 heavy (non-hydrogen) atoms.